The fourth-order valence-electron chi connectivity index (χ4n) is 1.55. The molecule has 1 aliphatic rings. The van der Waals surface area contributed by atoms with Crippen molar-refractivity contribution < 1.29 is 13.5 Å². The van der Waals surface area contributed by atoms with E-state index in [2.05, 4.69) is 15.7 Å². The van der Waals surface area contributed by atoms with Crippen LogP contribution in [0.4, 0.5) is 20.4 Å². The molecule has 17 heavy (non-hydrogen) atoms. The Labute approximate surface area is 97.7 Å². The SMILES string of the molecule is CNc1nc(NN2CCOCC2)c(F)cc1F. The van der Waals surface area contributed by atoms with E-state index in [1.807, 2.05) is 0 Å². The van der Waals surface area contributed by atoms with Gasteiger partial charge in [0.1, 0.15) is 0 Å². The standard InChI is InChI=1S/C10H14F2N4O/c1-13-9-7(11)6-8(12)10(14-9)15-16-2-4-17-5-3-16/h6H,2-5H2,1H3,(H2,13,14,15). The van der Waals surface area contributed by atoms with Gasteiger partial charge in [0.25, 0.3) is 0 Å². The predicted octanol–water partition coefficient (Wildman–Crippen LogP) is 1.06. The van der Waals surface area contributed by atoms with Gasteiger partial charge in [-0.1, -0.05) is 0 Å². The molecule has 0 bridgehead atoms. The van der Waals surface area contributed by atoms with Crippen LogP contribution in [0.3, 0.4) is 0 Å². The maximum absolute atomic E-state index is 13.5. The van der Waals surface area contributed by atoms with Gasteiger partial charge in [0.05, 0.1) is 13.2 Å². The third-order valence-electron chi connectivity index (χ3n) is 2.44. The second-order valence-electron chi connectivity index (χ2n) is 3.61. The molecule has 2 N–H and O–H groups in total. The van der Waals surface area contributed by atoms with Crippen molar-refractivity contribution in [3.05, 3.63) is 17.7 Å². The number of morpholine rings is 1. The van der Waals surface area contributed by atoms with Gasteiger partial charge in [0.2, 0.25) is 0 Å². The summed E-state index contributed by atoms with van der Waals surface area (Å²) < 4.78 is 31.8. The zero-order chi connectivity index (χ0) is 12.3. The fourth-order valence-corrected chi connectivity index (χ4v) is 1.55. The first-order valence-corrected chi connectivity index (χ1v) is 5.34. The number of aromatic nitrogens is 1. The zero-order valence-electron chi connectivity index (χ0n) is 9.46. The largest absolute Gasteiger partial charge is 0.379 e. The molecule has 0 atom stereocenters. The molecular weight excluding hydrogens is 230 g/mol. The fraction of sp³-hybridized carbons (Fsp3) is 0.500. The first-order valence-electron chi connectivity index (χ1n) is 5.34. The van der Waals surface area contributed by atoms with Crippen LogP contribution in [0.1, 0.15) is 0 Å². The lowest BCUT2D eigenvalue weighted by Crippen LogP contribution is -2.40. The molecule has 0 aliphatic carbocycles. The van der Waals surface area contributed by atoms with Crippen molar-refractivity contribution in [1.29, 1.82) is 0 Å². The van der Waals surface area contributed by atoms with Crippen LogP contribution >= 0.6 is 0 Å². The molecule has 5 nitrogen and oxygen atoms in total. The van der Waals surface area contributed by atoms with Crippen molar-refractivity contribution in [1.82, 2.24) is 9.99 Å². The van der Waals surface area contributed by atoms with Crippen molar-refractivity contribution in [2.75, 3.05) is 44.1 Å². The van der Waals surface area contributed by atoms with E-state index in [1.54, 1.807) is 5.01 Å². The number of hydrogen-bond donors (Lipinski definition) is 2. The van der Waals surface area contributed by atoms with Crippen molar-refractivity contribution in [3.63, 3.8) is 0 Å². The number of anilines is 2. The monoisotopic (exact) mass is 244 g/mol. The summed E-state index contributed by atoms with van der Waals surface area (Å²) in [6.45, 7) is 2.42. The summed E-state index contributed by atoms with van der Waals surface area (Å²) in [7, 11) is 1.53. The minimum Gasteiger partial charge on any atom is -0.379 e. The number of hydrazine groups is 1. The molecule has 94 valence electrons. The first kappa shape index (κ1) is 12.0. The molecular formula is C10H14F2N4O. The molecule has 2 heterocycles. The number of nitrogens with one attached hydrogen (secondary N) is 2. The number of ether oxygens (including phenoxy) is 1. The van der Waals surface area contributed by atoms with Gasteiger partial charge < -0.3 is 15.5 Å². The first-order chi connectivity index (χ1) is 8.20. The summed E-state index contributed by atoms with van der Waals surface area (Å²) in [5, 5.41) is 4.35. The van der Waals surface area contributed by atoms with Gasteiger partial charge in [-0.25, -0.2) is 18.8 Å². The molecule has 0 radical (unpaired) electrons. The zero-order valence-corrected chi connectivity index (χ0v) is 9.46. The summed E-state index contributed by atoms with van der Waals surface area (Å²) in [5.41, 5.74) is 2.81. The lowest BCUT2D eigenvalue weighted by atomic mass is 10.4. The highest BCUT2D eigenvalue weighted by atomic mass is 19.1. The highest BCUT2D eigenvalue weighted by Gasteiger charge is 2.15. The summed E-state index contributed by atoms with van der Waals surface area (Å²) in [6.07, 6.45) is 0. The van der Waals surface area contributed by atoms with Crippen LogP contribution in [0.15, 0.2) is 6.07 Å². The molecule has 0 unspecified atom stereocenters. The molecule has 0 saturated carbocycles. The molecule has 0 spiro atoms. The van der Waals surface area contributed by atoms with Crippen LogP contribution in [-0.2, 0) is 4.74 Å². The van der Waals surface area contributed by atoms with Crippen molar-refractivity contribution in [3.8, 4) is 0 Å². The average Bonchev–Trinajstić information content (AvgIpc) is 2.34. The second-order valence-corrected chi connectivity index (χ2v) is 3.61. The van der Waals surface area contributed by atoms with E-state index in [-0.39, 0.29) is 11.6 Å². The molecule has 1 aromatic heterocycles. The van der Waals surface area contributed by atoms with Gasteiger partial charge in [0.15, 0.2) is 23.3 Å². The van der Waals surface area contributed by atoms with Crippen molar-refractivity contribution >= 4 is 11.6 Å². The van der Waals surface area contributed by atoms with Crippen LogP contribution in [0.5, 0.6) is 0 Å². The third kappa shape index (κ3) is 2.80. The van der Waals surface area contributed by atoms with Crippen LogP contribution in [-0.4, -0.2) is 43.3 Å². The summed E-state index contributed by atoms with van der Waals surface area (Å²) >= 11 is 0. The average molecular weight is 244 g/mol. The lowest BCUT2D eigenvalue weighted by Gasteiger charge is -2.27. The van der Waals surface area contributed by atoms with E-state index in [9.17, 15) is 8.78 Å². The molecule has 2 rings (SSSR count). The van der Waals surface area contributed by atoms with E-state index < -0.39 is 11.6 Å². The van der Waals surface area contributed by atoms with Gasteiger partial charge in [-0.05, 0) is 0 Å². The Kier molecular flexibility index (Phi) is 3.70. The van der Waals surface area contributed by atoms with Crippen molar-refractivity contribution in [2.45, 2.75) is 0 Å². The summed E-state index contributed by atoms with van der Waals surface area (Å²) in [4.78, 5) is 3.83. The Morgan fingerprint density at radius 3 is 2.53 bits per heavy atom. The van der Waals surface area contributed by atoms with E-state index in [0.717, 1.165) is 6.07 Å². The minimum atomic E-state index is -0.715. The second kappa shape index (κ2) is 5.24. The molecule has 1 aromatic rings. The number of hydrogen-bond acceptors (Lipinski definition) is 5. The highest BCUT2D eigenvalue weighted by Crippen LogP contribution is 2.19. The Morgan fingerprint density at radius 2 is 1.88 bits per heavy atom. The Morgan fingerprint density at radius 1 is 1.24 bits per heavy atom. The Bertz CT molecular complexity index is 396. The molecule has 0 aromatic carbocycles. The van der Waals surface area contributed by atoms with Gasteiger partial charge in [0, 0.05) is 26.2 Å². The number of nitrogens with zero attached hydrogens (tertiary/aromatic N) is 2. The summed E-state index contributed by atoms with van der Waals surface area (Å²) in [6, 6.07) is 0.807. The number of halogens is 2. The van der Waals surface area contributed by atoms with E-state index in [1.165, 1.54) is 7.05 Å². The minimum absolute atomic E-state index is 0.0117. The van der Waals surface area contributed by atoms with Crippen LogP contribution in [0.25, 0.3) is 0 Å². The van der Waals surface area contributed by atoms with Gasteiger partial charge in [-0.15, -0.1) is 0 Å². The van der Waals surface area contributed by atoms with Crippen LogP contribution in [0.2, 0.25) is 0 Å². The molecule has 1 fully saturated rings. The van der Waals surface area contributed by atoms with Gasteiger partial charge >= 0.3 is 0 Å². The quantitative estimate of drug-likeness (QED) is 0.832. The number of pyridine rings is 1. The van der Waals surface area contributed by atoms with Gasteiger partial charge in [-0.3, -0.25) is 0 Å². The molecule has 0 amide bonds. The topological polar surface area (TPSA) is 49.4 Å². The van der Waals surface area contributed by atoms with Crippen molar-refractivity contribution in [2.24, 2.45) is 0 Å². The van der Waals surface area contributed by atoms with Crippen LogP contribution < -0.4 is 10.7 Å². The maximum atomic E-state index is 13.5. The molecule has 7 heteroatoms. The summed E-state index contributed by atoms with van der Waals surface area (Å²) in [5.74, 6) is -1.40. The number of rotatable bonds is 3. The normalized spacial score (nSPS) is 16.9. The van der Waals surface area contributed by atoms with E-state index in [4.69, 9.17) is 4.74 Å². The lowest BCUT2D eigenvalue weighted by molar-refractivity contribution is 0.0493. The maximum Gasteiger partial charge on any atom is 0.179 e. The predicted molar refractivity (Wildman–Crippen MR) is 59.7 cm³/mol. The Balaban J connectivity index is 2.13. The van der Waals surface area contributed by atoms with Gasteiger partial charge in [-0.2, -0.15) is 0 Å². The van der Waals surface area contributed by atoms with E-state index in [0.29, 0.717) is 26.3 Å². The highest BCUT2D eigenvalue weighted by molar-refractivity contribution is 5.46. The Hall–Kier alpha value is -1.47. The molecule has 1 saturated heterocycles. The smallest absolute Gasteiger partial charge is 0.179 e. The molecule has 1 aliphatic heterocycles. The van der Waals surface area contributed by atoms with E-state index >= 15 is 0 Å². The van der Waals surface area contributed by atoms with Crippen LogP contribution in [0, 0.1) is 11.6 Å². The third-order valence-corrected chi connectivity index (χ3v) is 2.44.